The maximum Gasteiger partial charge on any atom is 0.291 e. The van der Waals surface area contributed by atoms with E-state index in [2.05, 4.69) is 29.2 Å². The highest BCUT2D eigenvalue weighted by molar-refractivity contribution is 7.16. The summed E-state index contributed by atoms with van der Waals surface area (Å²) in [4.78, 5) is 29.2. The van der Waals surface area contributed by atoms with E-state index in [-0.39, 0.29) is 30.0 Å². The number of amides is 1. The molecule has 3 aromatic heterocycles. The van der Waals surface area contributed by atoms with Gasteiger partial charge in [-0.05, 0) is 49.4 Å². The normalized spacial score (nSPS) is 24.5. The molecule has 1 N–H and O–H groups in total. The van der Waals surface area contributed by atoms with Crippen LogP contribution in [0.5, 0.6) is 0 Å². The van der Waals surface area contributed by atoms with Crippen LogP contribution < -0.4 is 10.9 Å². The molecule has 0 radical (unpaired) electrons. The lowest BCUT2D eigenvalue weighted by Gasteiger charge is -2.44. The summed E-state index contributed by atoms with van der Waals surface area (Å²) in [6, 6.07) is 4.11. The SMILES string of the molecule is CC(C)c1nn(CC(=O)NC2CN3CCC2CC3)c(=O)c2cc3ccsc3n12. The fraction of sp³-hybridized carbons (Fsp3) is 0.550. The Balaban J connectivity index is 1.46. The van der Waals surface area contributed by atoms with Crippen LogP contribution in [0.25, 0.3) is 15.7 Å². The van der Waals surface area contributed by atoms with Crippen molar-refractivity contribution < 1.29 is 4.79 Å². The van der Waals surface area contributed by atoms with Crippen molar-refractivity contribution in [3.05, 3.63) is 33.7 Å². The minimum Gasteiger partial charge on any atom is -0.350 e. The largest absolute Gasteiger partial charge is 0.350 e. The maximum atomic E-state index is 13.0. The molecule has 0 aliphatic carbocycles. The van der Waals surface area contributed by atoms with E-state index >= 15 is 0 Å². The predicted molar refractivity (Wildman–Crippen MR) is 110 cm³/mol. The topological polar surface area (TPSA) is 71.6 Å². The molecule has 3 saturated heterocycles. The molecule has 1 atom stereocenters. The van der Waals surface area contributed by atoms with E-state index in [4.69, 9.17) is 0 Å². The molecule has 1 amide bonds. The van der Waals surface area contributed by atoms with Crippen LogP contribution in [0.3, 0.4) is 0 Å². The zero-order chi connectivity index (χ0) is 19.4. The number of piperidine rings is 3. The van der Waals surface area contributed by atoms with Crippen LogP contribution >= 0.6 is 11.3 Å². The van der Waals surface area contributed by atoms with Crippen molar-refractivity contribution in [1.82, 2.24) is 24.4 Å². The molecule has 148 valence electrons. The van der Waals surface area contributed by atoms with E-state index in [0.29, 0.717) is 11.4 Å². The van der Waals surface area contributed by atoms with E-state index in [1.54, 1.807) is 11.3 Å². The van der Waals surface area contributed by atoms with Crippen molar-refractivity contribution in [3.8, 4) is 0 Å². The van der Waals surface area contributed by atoms with Gasteiger partial charge in [-0.1, -0.05) is 13.8 Å². The zero-order valence-corrected chi connectivity index (χ0v) is 17.0. The molecule has 3 aliphatic heterocycles. The number of hydrogen-bond donors (Lipinski definition) is 1. The molecule has 0 spiro atoms. The van der Waals surface area contributed by atoms with Crippen LogP contribution in [0.1, 0.15) is 38.4 Å². The summed E-state index contributed by atoms with van der Waals surface area (Å²) in [5, 5.41) is 10.8. The van der Waals surface area contributed by atoms with Crippen LogP contribution in [0.4, 0.5) is 0 Å². The average Bonchev–Trinajstić information content (AvgIpc) is 3.26. The highest BCUT2D eigenvalue weighted by atomic mass is 32.1. The Morgan fingerprint density at radius 2 is 2.14 bits per heavy atom. The number of carbonyl (C=O) groups excluding carboxylic acids is 1. The third-order valence-corrected chi connectivity index (χ3v) is 7.04. The van der Waals surface area contributed by atoms with E-state index < -0.39 is 0 Å². The average molecular weight is 400 g/mol. The van der Waals surface area contributed by atoms with E-state index in [1.165, 1.54) is 4.68 Å². The maximum absolute atomic E-state index is 13.0. The Hall–Kier alpha value is -2.19. The van der Waals surface area contributed by atoms with Crippen LogP contribution in [0.2, 0.25) is 0 Å². The molecule has 7 nitrogen and oxygen atoms in total. The van der Waals surface area contributed by atoms with Gasteiger partial charge in [0.1, 0.15) is 22.7 Å². The van der Waals surface area contributed by atoms with Crippen LogP contribution in [-0.2, 0) is 11.3 Å². The lowest BCUT2D eigenvalue weighted by atomic mass is 9.84. The van der Waals surface area contributed by atoms with Gasteiger partial charge in [0.25, 0.3) is 5.56 Å². The standard InChI is InChI=1S/C20H25N5O2S/c1-12(2)18-22-24(19(27)16-9-14-5-8-28-20(14)25(16)18)11-17(26)21-15-10-23-6-3-13(15)4-7-23/h5,8-9,12-13,15H,3-4,6-7,10-11H2,1-2H3,(H,21,26). The number of thiophene rings is 1. The third-order valence-electron chi connectivity index (χ3n) is 6.13. The lowest BCUT2D eigenvalue weighted by molar-refractivity contribution is -0.124. The molecule has 6 heterocycles. The Morgan fingerprint density at radius 3 is 2.82 bits per heavy atom. The minimum atomic E-state index is -0.211. The Labute approximate surface area is 166 Å². The molecule has 1 unspecified atom stereocenters. The lowest BCUT2D eigenvalue weighted by Crippen LogP contribution is -2.57. The number of carbonyl (C=O) groups is 1. The van der Waals surface area contributed by atoms with Crippen LogP contribution in [0, 0.1) is 5.92 Å². The molecule has 3 fully saturated rings. The van der Waals surface area contributed by atoms with E-state index in [1.807, 2.05) is 21.9 Å². The predicted octanol–water partition coefficient (Wildman–Crippen LogP) is 2.04. The summed E-state index contributed by atoms with van der Waals surface area (Å²) < 4.78 is 3.29. The molecule has 28 heavy (non-hydrogen) atoms. The highest BCUT2D eigenvalue weighted by Crippen LogP contribution is 2.28. The van der Waals surface area contributed by atoms with Crippen molar-refractivity contribution >= 4 is 33.0 Å². The first-order valence-electron chi connectivity index (χ1n) is 10.0. The number of hydrogen-bond acceptors (Lipinski definition) is 5. The van der Waals surface area contributed by atoms with Crippen molar-refractivity contribution in [3.63, 3.8) is 0 Å². The first-order chi connectivity index (χ1) is 13.5. The number of aromatic nitrogens is 3. The van der Waals surface area contributed by atoms with Crippen molar-refractivity contribution in [2.24, 2.45) is 5.92 Å². The summed E-state index contributed by atoms with van der Waals surface area (Å²) in [7, 11) is 0. The second-order valence-electron chi connectivity index (χ2n) is 8.33. The van der Waals surface area contributed by atoms with Gasteiger partial charge in [0, 0.05) is 23.9 Å². The fourth-order valence-corrected chi connectivity index (χ4v) is 5.56. The highest BCUT2D eigenvalue weighted by Gasteiger charge is 2.34. The Bertz CT molecular complexity index is 1100. The van der Waals surface area contributed by atoms with Gasteiger partial charge in [-0.3, -0.25) is 14.0 Å². The van der Waals surface area contributed by atoms with E-state index in [0.717, 1.165) is 48.5 Å². The Morgan fingerprint density at radius 1 is 1.36 bits per heavy atom. The van der Waals surface area contributed by atoms with Crippen molar-refractivity contribution in [2.45, 2.75) is 45.2 Å². The molecule has 8 heteroatoms. The van der Waals surface area contributed by atoms with Crippen LogP contribution in [0.15, 0.2) is 22.3 Å². The summed E-state index contributed by atoms with van der Waals surface area (Å²) in [5.74, 6) is 1.38. The molecule has 3 aromatic rings. The van der Waals surface area contributed by atoms with Gasteiger partial charge < -0.3 is 10.2 Å². The van der Waals surface area contributed by atoms with Crippen molar-refractivity contribution in [2.75, 3.05) is 19.6 Å². The molecular formula is C20H25N5O2S. The molecule has 3 aliphatic rings. The second-order valence-corrected chi connectivity index (χ2v) is 9.23. The van der Waals surface area contributed by atoms with Gasteiger partial charge in [-0.15, -0.1) is 11.3 Å². The molecule has 0 saturated carbocycles. The van der Waals surface area contributed by atoms with Gasteiger partial charge in [0.05, 0.1) is 0 Å². The summed E-state index contributed by atoms with van der Waals surface area (Å²) in [6.45, 7) is 7.28. The van der Waals surface area contributed by atoms with E-state index in [9.17, 15) is 9.59 Å². The number of rotatable bonds is 4. The number of fused-ring (bicyclic) bond motifs is 6. The summed E-state index contributed by atoms with van der Waals surface area (Å²) >= 11 is 1.60. The monoisotopic (exact) mass is 399 g/mol. The number of nitrogens with one attached hydrogen (secondary N) is 1. The molecular weight excluding hydrogens is 374 g/mol. The number of nitrogens with zero attached hydrogens (tertiary/aromatic N) is 4. The first-order valence-corrected chi connectivity index (χ1v) is 10.9. The fourth-order valence-electron chi connectivity index (χ4n) is 4.65. The summed E-state index contributed by atoms with van der Waals surface area (Å²) in [6.07, 6.45) is 2.29. The molecule has 2 bridgehead atoms. The molecule has 0 aromatic carbocycles. The Kier molecular flexibility index (Phi) is 4.28. The van der Waals surface area contributed by atoms with Gasteiger partial charge in [0.15, 0.2) is 0 Å². The smallest absolute Gasteiger partial charge is 0.291 e. The van der Waals surface area contributed by atoms with Gasteiger partial charge in [-0.25, -0.2) is 4.68 Å². The van der Waals surface area contributed by atoms with Gasteiger partial charge >= 0.3 is 0 Å². The van der Waals surface area contributed by atoms with Gasteiger partial charge in [0.2, 0.25) is 5.91 Å². The van der Waals surface area contributed by atoms with Crippen LogP contribution in [-0.4, -0.2) is 50.7 Å². The summed E-state index contributed by atoms with van der Waals surface area (Å²) in [5.41, 5.74) is 0.382. The third kappa shape index (κ3) is 2.86. The molecule has 6 rings (SSSR count). The van der Waals surface area contributed by atoms with Crippen molar-refractivity contribution in [1.29, 1.82) is 0 Å². The van der Waals surface area contributed by atoms with Gasteiger partial charge in [-0.2, -0.15) is 5.10 Å². The quantitative estimate of drug-likeness (QED) is 0.729. The first kappa shape index (κ1) is 17.9. The zero-order valence-electron chi connectivity index (χ0n) is 16.2. The second kappa shape index (κ2) is 6.70. The minimum absolute atomic E-state index is 0.0307.